The number of nitrogens with zero attached hydrogens (tertiary/aromatic N) is 1. The second-order valence-corrected chi connectivity index (χ2v) is 20.2. The van der Waals surface area contributed by atoms with E-state index in [9.17, 15) is 19.0 Å². The van der Waals surface area contributed by atoms with Gasteiger partial charge in [-0.1, -0.05) is 197 Å². The third-order valence-corrected chi connectivity index (χ3v) is 11.7. The van der Waals surface area contributed by atoms with Crippen molar-refractivity contribution in [2.24, 2.45) is 0 Å². The number of likely N-dealkylation sites (N-methyl/N-ethyl adjacent to an activating group) is 1. The maximum atomic E-state index is 12.8. The minimum atomic E-state index is -4.67. The molecule has 2 atom stereocenters. The second-order valence-electron chi connectivity index (χ2n) is 18.8. The van der Waals surface area contributed by atoms with Crippen molar-refractivity contribution >= 4 is 19.8 Å². The first-order valence-corrected chi connectivity index (χ1v) is 29.3. The summed E-state index contributed by atoms with van der Waals surface area (Å²) >= 11 is 0. The molecule has 0 fully saturated rings. The lowest BCUT2D eigenvalue weighted by Crippen LogP contribution is -2.37. The predicted molar refractivity (Wildman–Crippen MR) is 313 cm³/mol. The Morgan fingerprint density at radius 1 is 0.419 bits per heavy atom. The van der Waals surface area contributed by atoms with Crippen LogP contribution in [0.4, 0.5) is 0 Å². The van der Waals surface area contributed by atoms with E-state index in [1.165, 1.54) is 0 Å². The number of hydrogen-bond acceptors (Lipinski definition) is 8. The quantitative estimate of drug-likeness (QED) is 0.0195. The van der Waals surface area contributed by atoms with E-state index in [4.69, 9.17) is 18.5 Å². The number of rotatable bonds is 48. The maximum absolute atomic E-state index is 12.8. The van der Waals surface area contributed by atoms with Crippen molar-refractivity contribution in [3.8, 4) is 0 Å². The number of unbranched alkanes of at least 4 members (excludes halogenated alkanes) is 6. The van der Waals surface area contributed by atoms with Crippen molar-refractivity contribution in [2.75, 3.05) is 47.5 Å². The molecule has 0 aromatic heterocycles. The van der Waals surface area contributed by atoms with Gasteiger partial charge in [0, 0.05) is 12.8 Å². The largest absolute Gasteiger partial charge is 0.756 e. The van der Waals surface area contributed by atoms with Crippen molar-refractivity contribution in [2.45, 2.75) is 174 Å². The third kappa shape index (κ3) is 56.7. The number of carbonyl (C=O) groups excluding carboxylic acids is 2. The van der Waals surface area contributed by atoms with Gasteiger partial charge in [-0.05, 0) is 128 Å². The first-order chi connectivity index (χ1) is 36.0. The Labute approximate surface area is 451 Å². The molecule has 0 aromatic rings. The Hall–Kier alpha value is -4.63. The van der Waals surface area contributed by atoms with Crippen LogP contribution in [-0.4, -0.2) is 70.0 Å². The molecular formula is C64H100NO8P. The van der Waals surface area contributed by atoms with Crippen LogP contribution in [-0.2, 0) is 32.7 Å². The molecule has 74 heavy (non-hydrogen) atoms. The highest BCUT2D eigenvalue weighted by atomic mass is 31.2. The molecule has 10 heteroatoms. The summed E-state index contributed by atoms with van der Waals surface area (Å²) < 4.78 is 34.0. The van der Waals surface area contributed by atoms with Crippen LogP contribution in [0.5, 0.6) is 0 Å². The number of quaternary nitrogens is 1. The monoisotopic (exact) mass is 1040 g/mol. The van der Waals surface area contributed by atoms with Crippen LogP contribution in [0.15, 0.2) is 170 Å². The fourth-order valence-electron chi connectivity index (χ4n) is 6.50. The first kappa shape index (κ1) is 69.4. The lowest BCUT2D eigenvalue weighted by Gasteiger charge is -2.28. The number of phosphoric acid groups is 1. The molecule has 0 spiro atoms. The van der Waals surface area contributed by atoms with Gasteiger partial charge in [-0.15, -0.1) is 0 Å². The smallest absolute Gasteiger partial charge is 0.306 e. The second kappa shape index (κ2) is 53.2. The molecule has 2 unspecified atom stereocenters. The van der Waals surface area contributed by atoms with Gasteiger partial charge < -0.3 is 27.9 Å². The number of phosphoric ester groups is 1. The van der Waals surface area contributed by atoms with E-state index in [1.54, 1.807) is 0 Å². The zero-order valence-corrected chi connectivity index (χ0v) is 47.6. The van der Waals surface area contributed by atoms with Crippen molar-refractivity contribution < 1.29 is 42.1 Å². The highest BCUT2D eigenvalue weighted by Gasteiger charge is 2.21. The Kier molecular flexibility index (Phi) is 49.9. The SMILES string of the molecule is CC/C=C\C/C=C\C/C=C\C/C=C\C/C=C\C/C=C\C/C=C\CCCCCC(=O)OCC(COP(=O)([O-])OCC[N+](C)(C)C)OC(=O)CCCCC/C=C\C/C=C\C/C=C\C/C=C\C/C=C\C/C=C\C/C=C\CC. The minimum Gasteiger partial charge on any atom is -0.756 e. The summed E-state index contributed by atoms with van der Waals surface area (Å²) in [6, 6.07) is 0. The van der Waals surface area contributed by atoms with Crippen molar-refractivity contribution in [1.82, 2.24) is 0 Å². The lowest BCUT2D eigenvalue weighted by molar-refractivity contribution is -0.870. The van der Waals surface area contributed by atoms with Gasteiger partial charge in [0.2, 0.25) is 0 Å². The zero-order valence-electron chi connectivity index (χ0n) is 46.7. The van der Waals surface area contributed by atoms with Crippen molar-refractivity contribution in [3.05, 3.63) is 170 Å². The molecule has 0 aliphatic rings. The number of carbonyl (C=O) groups is 2. The highest BCUT2D eigenvalue weighted by molar-refractivity contribution is 7.45. The molecule has 0 saturated heterocycles. The van der Waals surface area contributed by atoms with Crippen LogP contribution < -0.4 is 4.89 Å². The molecule has 414 valence electrons. The normalized spacial score (nSPS) is 14.6. The molecule has 0 bridgehead atoms. The average molecular weight is 1040 g/mol. The minimum absolute atomic E-state index is 0.0549. The molecule has 0 saturated carbocycles. The fraction of sp³-hybridized carbons (Fsp3) is 0.531. The Morgan fingerprint density at radius 2 is 0.730 bits per heavy atom. The van der Waals surface area contributed by atoms with Crippen molar-refractivity contribution in [3.63, 3.8) is 0 Å². The molecule has 0 aliphatic heterocycles. The van der Waals surface area contributed by atoms with Gasteiger partial charge >= 0.3 is 11.9 Å². The molecule has 0 amide bonds. The van der Waals surface area contributed by atoms with E-state index in [0.717, 1.165) is 128 Å². The van der Waals surface area contributed by atoms with Gasteiger partial charge in [0.25, 0.3) is 7.82 Å². The van der Waals surface area contributed by atoms with Gasteiger partial charge in [-0.25, -0.2) is 0 Å². The Balaban J connectivity index is 4.41. The molecular weight excluding hydrogens is 942 g/mol. The molecule has 9 nitrogen and oxygen atoms in total. The van der Waals surface area contributed by atoms with E-state index in [-0.39, 0.29) is 26.1 Å². The molecule has 0 N–H and O–H groups in total. The summed E-state index contributed by atoms with van der Waals surface area (Å²) in [6.07, 6.45) is 81.1. The van der Waals surface area contributed by atoms with E-state index in [0.29, 0.717) is 23.9 Å². The number of esters is 2. The first-order valence-electron chi connectivity index (χ1n) is 27.8. The standard InChI is InChI=1S/C64H100NO8P/c1-6-8-10-12-14-16-18-20-22-24-26-28-30-32-34-36-38-40-42-44-46-48-50-52-54-56-63(66)70-60-62(61-72-74(68,69)71-59-58-65(3,4)5)73-64(67)57-55-53-51-49-47-45-43-41-39-37-35-33-31-29-27-25-23-21-19-17-15-13-11-9-7-2/h8-11,14-17,20-23,26-29,32-35,38-41,44-47,62H,6-7,12-13,18-19,24-25,30-31,36-37,42-43,48-61H2,1-5H3/b10-8-,11-9-,16-14-,17-15-,22-20-,23-21-,28-26-,29-27-,34-32-,35-33-,40-38-,41-39-,46-44-,47-45-. The number of allylic oxidation sites excluding steroid dienone is 28. The van der Waals surface area contributed by atoms with Crippen LogP contribution in [0.3, 0.4) is 0 Å². The van der Waals surface area contributed by atoms with Gasteiger partial charge in [0.15, 0.2) is 6.10 Å². The topological polar surface area (TPSA) is 111 Å². The average Bonchev–Trinajstić information content (AvgIpc) is 3.36. The molecule has 0 heterocycles. The van der Waals surface area contributed by atoms with Crippen LogP contribution in [0, 0.1) is 0 Å². The summed E-state index contributed by atoms with van der Waals surface area (Å²) in [4.78, 5) is 37.8. The zero-order chi connectivity index (χ0) is 54.2. The van der Waals surface area contributed by atoms with E-state index in [1.807, 2.05) is 21.1 Å². The Bertz CT molecular complexity index is 1850. The molecule has 0 aromatic carbocycles. The van der Waals surface area contributed by atoms with Crippen molar-refractivity contribution in [1.29, 1.82) is 0 Å². The summed E-state index contributed by atoms with van der Waals surface area (Å²) in [6.45, 7) is 3.89. The van der Waals surface area contributed by atoms with E-state index in [2.05, 4.69) is 184 Å². The Morgan fingerprint density at radius 3 is 1.05 bits per heavy atom. The summed E-state index contributed by atoms with van der Waals surface area (Å²) in [5.74, 6) is -0.930. The highest BCUT2D eigenvalue weighted by Crippen LogP contribution is 2.38. The van der Waals surface area contributed by atoms with Gasteiger partial charge in [-0.2, -0.15) is 0 Å². The van der Waals surface area contributed by atoms with Gasteiger partial charge in [0.1, 0.15) is 19.8 Å². The number of hydrogen-bond donors (Lipinski definition) is 0. The molecule has 0 aliphatic carbocycles. The third-order valence-electron chi connectivity index (χ3n) is 10.7. The summed E-state index contributed by atoms with van der Waals surface area (Å²) in [5.41, 5.74) is 0. The van der Waals surface area contributed by atoms with E-state index >= 15 is 0 Å². The van der Waals surface area contributed by atoms with Crippen LogP contribution in [0.2, 0.25) is 0 Å². The van der Waals surface area contributed by atoms with Crippen LogP contribution in [0.1, 0.15) is 168 Å². The lowest BCUT2D eigenvalue weighted by atomic mass is 10.1. The predicted octanol–water partition coefficient (Wildman–Crippen LogP) is 16.8. The molecule has 0 radical (unpaired) electrons. The van der Waals surface area contributed by atoms with Crippen LogP contribution in [0.25, 0.3) is 0 Å². The number of ether oxygens (including phenoxy) is 2. The molecule has 0 rings (SSSR count). The van der Waals surface area contributed by atoms with Crippen LogP contribution >= 0.6 is 7.82 Å². The van der Waals surface area contributed by atoms with Gasteiger partial charge in [0.05, 0.1) is 27.7 Å². The maximum Gasteiger partial charge on any atom is 0.306 e. The van der Waals surface area contributed by atoms with Gasteiger partial charge in [-0.3, -0.25) is 14.2 Å². The summed E-state index contributed by atoms with van der Waals surface area (Å²) in [7, 11) is 1.09. The van der Waals surface area contributed by atoms with E-state index < -0.39 is 32.5 Å². The summed E-state index contributed by atoms with van der Waals surface area (Å²) in [5, 5.41) is 0. The fourth-order valence-corrected chi connectivity index (χ4v) is 7.22.